The van der Waals surface area contributed by atoms with Gasteiger partial charge in [-0.25, -0.2) is 0 Å². The second-order valence-electron chi connectivity index (χ2n) is 2.47. The van der Waals surface area contributed by atoms with Crippen LogP contribution in [-0.2, 0) is 4.57 Å². The second-order valence-corrected chi connectivity index (χ2v) is 2.98. The maximum Gasteiger partial charge on any atom is 0.692 e. The van der Waals surface area contributed by atoms with Crippen molar-refractivity contribution in [1.82, 2.24) is 0 Å². The third kappa shape index (κ3) is 5.31. The molecule has 4 nitrogen and oxygen atoms in total. The SMILES string of the molecule is Cc1cccc(O)c1C.O=[P+](O)O. The molecule has 0 aromatic heterocycles. The minimum atomic E-state index is -2.87. The Labute approximate surface area is 77.4 Å². The first-order valence-electron chi connectivity index (χ1n) is 3.55. The second kappa shape index (κ2) is 5.65. The lowest BCUT2D eigenvalue weighted by atomic mass is 10.1. The van der Waals surface area contributed by atoms with E-state index in [4.69, 9.17) is 19.5 Å². The zero-order valence-electron chi connectivity index (χ0n) is 7.43. The fourth-order valence-electron chi connectivity index (χ4n) is 0.736. The van der Waals surface area contributed by atoms with Gasteiger partial charge in [-0.2, -0.15) is 0 Å². The molecule has 0 saturated heterocycles. The van der Waals surface area contributed by atoms with Crippen molar-refractivity contribution >= 4 is 8.25 Å². The zero-order valence-corrected chi connectivity index (χ0v) is 8.32. The highest BCUT2D eigenvalue weighted by molar-refractivity contribution is 7.30. The molecule has 1 aromatic rings. The van der Waals surface area contributed by atoms with Gasteiger partial charge in [0.2, 0.25) is 0 Å². The summed E-state index contributed by atoms with van der Waals surface area (Å²) in [6.07, 6.45) is 0. The van der Waals surface area contributed by atoms with Gasteiger partial charge in [0, 0.05) is 4.57 Å². The number of aryl methyl sites for hydroxylation is 1. The van der Waals surface area contributed by atoms with Crippen molar-refractivity contribution in [1.29, 1.82) is 0 Å². The Bertz CT molecular complexity index is 274. The predicted molar refractivity (Wildman–Crippen MR) is 49.6 cm³/mol. The van der Waals surface area contributed by atoms with E-state index in [1.54, 1.807) is 6.07 Å². The van der Waals surface area contributed by atoms with E-state index < -0.39 is 8.25 Å². The first-order chi connectivity index (χ1) is 5.95. The van der Waals surface area contributed by atoms with Crippen molar-refractivity contribution in [2.45, 2.75) is 13.8 Å². The molecule has 0 saturated carbocycles. The van der Waals surface area contributed by atoms with Crippen LogP contribution in [-0.4, -0.2) is 14.9 Å². The average molecular weight is 203 g/mol. The number of phenols is 1. The smallest absolute Gasteiger partial charge is 0.508 e. The minimum Gasteiger partial charge on any atom is -0.508 e. The first kappa shape index (κ1) is 12.0. The Morgan fingerprint density at radius 2 is 1.69 bits per heavy atom. The largest absolute Gasteiger partial charge is 0.692 e. The summed E-state index contributed by atoms with van der Waals surface area (Å²) in [7, 11) is -2.87. The highest BCUT2D eigenvalue weighted by Gasteiger charge is 1.94. The molecule has 5 heteroatoms. The minimum absolute atomic E-state index is 0.384. The van der Waals surface area contributed by atoms with Crippen LogP contribution in [0.15, 0.2) is 18.2 Å². The standard InChI is InChI=1S/C8H10O.HO3P/c1-6-4-3-5-8(9)7(6)2;1-4(2)3/h3-5,9H,1-2H3;(H-,1,2,3)/p+1. The van der Waals surface area contributed by atoms with Crippen LogP contribution in [0.1, 0.15) is 11.1 Å². The first-order valence-corrected chi connectivity index (χ1v) is 4.72. The lowest BCUT2D eigenvalue weighted by Crippen LogP contribution is -1.78. The monoisotopic (exact) mass is 203 g/mol. The molecule has 13 heavy (non-hydrogen) atoms. The van der Waals surface area contributed by atoms with Gasteiger partial charge in [0.25, 0.3) is 0 Å². The topological polar surface area (TPSA) is 77.8 Å². The van der Waals surface area contributed by atoms with Gasteiger partial charge in [0.1, 0.15) is 5.75 Å². The van der Waals surface area contributed by atoms with Gasteiger partial charge < -0.3 is 5.11 Å². The van der Waals surface area contributed by atoms with Gasteiger partial charge in [0.15, 0.2) is 0 Å². The van der Waals surface area contributed by atoms with Gasteiger partial charge in [-0.15, -0.1) is 9.79 Å². The fourth-order valence-corrected chi connectivity index (χ4v) is 0.736. The van der Waals surface area contributed by atoms with E-state index in [-0.39, 0.29) is 0 Å². The van der Waals surface area contributed by atoms with Crippen molar-refractivity contribution < 1.29 is 19.5 Å². The molecule has 0 aliphatic rings. The van der Waals surface area contributed by atoms with Gasteiger partial charge in [0.05, 0.1) is 0 Å². The van der Waals surface area contributed by atoms with Crippen LogP contribution in [0.25, 0.3) is 0 Å². The average Bonchev–Trinajstić information content (AvgIpc) is 1.99. The molecule has 72 valence electrons. The maximum absolute atomic E-state index is 9.10. The summed E-state index contributed by atoms with van der Waals surface area (Å²) in [5, 5.41) is 9.10. The molecule has 0 spiro atoms. The summed E-state index contributed by atoms with van der Waals surface area (Å²) >= 11 is 0. The fraction of sp³-hybridized carbons (Fsp3) is 0.250. The third-order valence-electron chi connectivity index (χ3n) is 1.58. The Morgan fingerprint density at radius 3 is 2.00 bits per heavy atom. The van der Waals surface area contributed by atoms with Gasteiger partial charge in [-0.3, -0.25) is 0 Å². The molecule has 0 unspecified atom stereocenters. The Kier molecular flexibility index (Phi) is 5.23. The van der Waals surface area contributed by atoms with E-state index in [1.807, 2.05) is 26.0 Å². The molecule has 0 amide bonds. The normalized spacial score (nSPS) is 8.62. The van der Waals surface area contributed by atoms with Gasteiger partial charge in [-0.05, 0) is 31.0 Å². The van der Waals surface area contributed by atoms with Crippen molar-refractivity contribution in [3.8, 4) is 5.75 Å². The summed E-state index contributed by atoms with van der Waals surface area (Å²) in [5.41, 5.74) is 2.10. The molecule has 0 fully saturated rings. The van der Waals surface area contributed by atoms with Crippen LogP contribution in [0.4, 0.5) is 0 Å². The van der Waals surface area contributed by atoms with Gasteiger partial charge >= 0.3 is 8.25 Å². The molecular formula is C8H12O4P+. The van der Waals surface area contributed by atoms with Crippen LogP contribution in [0, 0.1) is 13.8 Å². The van der Waals surface area contributed by atoms with E-state index in [2.05, 4.69) is 0 Å². The van der Waals surface area contributed by atoms with Crippen LogP contribution in [0.3, 0.4) is 0 Å². The lowest BCUT2D eigenvalue weighted by Gasteiger charge is -1.99. The Morgan fingerprint density at radius 1 is 1.23 bits per heavy atom. The summed E-state index contributed by atoms with van der Waals surface area (Å²) in [4.78, 5) is 14.2. The summed E-state index contributed by atoms with van der Waals surface area (Å²) in [5.74, 6) is 0.384. The number of hydrogen-bond donors (Lipinski definition) is 3. The van der Waals surface area contributed by atoms with Crippen molar-refractivity contribution in [3.63, 3.8) is 0 Å². The summed E-state index contributed by atoms with van der Waals surface area (Å²) < 4.78 is 8.70. The van der Waals surface area contributed by atoms with E-state index in [0.717, 1.165) is 11.1 Å². The Balaban J connectivity index is 0.000000310. The van der Waals surface area contributed by atoms with E-state index in [0.29, 0.717) is 5.75 Å². The molecule has 1 rings (SSSR count). The highest BCUT2D eigenvalue weighted by atomic mass is 31.1. The zero-order chi connectivity index (χ0) is 10.4. The molecule has 0 aliphatic carbocycles. The third-order valence-corrected chi connectivity index (χ3v) is 1.58. The van der Waals surface area contributed by atoms with E-state index in [9.17, 15) is 0 Å². The van der Waals surface area contributed by atoms with Crippen LogP contribution < -0.4 is 0 Å². The number of phenolic OH excluding ortho intramolecular Hbond substituents is 1. The number of rotatable bonds is 0. The maximum atomic E-state index is 9.10. The number of benzene rings is 1. The van der Waals surface area contributed by atoms with Crippen LogP contribution in [0.5, 0.6) is 5.75 Å². The summed E-state index contributed by atoms with van der Waals surface area (Å²) in [6, 6.07) is 5.52. The quantitative estimate of drug-likeness (QED) is 0.560. The molecule has 0 aliphatic heterocycles. The molecule has 0 atom stereocenters. The summed E-state index contributed by atoms with van der Waals surface area (Å²) in [6.45, 7) is 3.89. The predicted octanol–water partition coefficient (Wildman–Crippen LogP) is 1.64. The van der Waals surface area contributed by atoms with Crippen LogP contribution in [0.2, 0.25) is 0 Å². The molecule has 0 bridgehead atoms. The van der Waals surface area contributed by atoms with Crippen molar-refractivity contribution in [2.24, 2.45) is 0 Å². The molecule has 0 heterocycles. The highest BCUT2D eigenvalue weighted by Crippen LogP contribution is 2.17. The molecule has 1 aromatic carbocycles. The molecule has 3 N–H and O–H groups in total. The lowest BCUT2D eigenvalue weighted by molar-refractivity contribution is 0.405. The van der Waals surface area contributed by atoms with Crippen molar-refractivity contribution in [3.05, 3.63) is 29.3 Å². The Hall–Kier alpha value is -0.960. The number of aromatic hydroxyl groups is 1. The molecular weight excluding hydrogens is 191 g/mol. The van der Waals surface area contributed by atoms with E-state index >= 15 is 0 Å². The number of hydrogen-bond acceptors (Lipinski definition) is 2. The van der Waals surface area contributed by atoms with Crippen molar-refractivity contribution in [2.75, 3.05) is 0 Å². The molecule has 0 radical (unpaired) electrons. The van der Waals surface area contributed by atoms with E-state index in [1.165, 1.54) is 0 Å². The van der Waals surface area contributed by atoms with Gasteiger partial charge in [-0.1, -0.05) is 12.1 Å². The van der Waals surface area contributed by atoms with Crippen LogP contribution >= 0.6 is 8.25 Å².